The lowest BCUT2D eigenvalue weighted by Gasteiger charge is -2.07. The molecule has 0 fully saturated rings. The number of nitrogens with one attached hydrogen (secondary N) is 1. The number of anilines is 1. The Balaban J connectivity index is 2.29. The maximum absolute atomic E-state index is 12.0. The molecule has 0 atom stereocenters. The summed E-state index contributed by atoms with van der Waals surface area (Å²) in [6, 6.07) is 11.8. The number of nitro groups is 1. The molecule has 0 bridgehead atoms. The third-order valence-corrected chi connectivity index (χ3v) is 2.90. The number of rotatable bonds is 3. The molecule has 0 saturated carbocycles. The van der Waals surface area contributed by atoms with Gasteiger partial charge in [0.25, 0.3) is 11.6 Å². The van der Waals surface area contributed by atoms with Gasteiger partial charge in [0.15, 0.2) is 0 Å². The van der Waals surface area contributed by atoms with Gasteiger partial charge in [0.05, 0.1) is 16.2 Å². The van der Waals surface area contributed by atoms with Crippen molar-refractivity contribution in [1.29, 1.82) is 5.26 Å². The average molecular weight is 302 g/mol. The highest BCUT2D eigenvalue weighted by Crippen LogP contribution is 2.22. The van der Waals surface area contributed by atoms with Crippen LogP contribution < -0.4 is 5.32 Å². The summed E-state index contributed by atoms with van der Waals surface area (Å²) in [4.78, 5) is 22.1. The Morgan fingerprint density at radius 3 is 2.67 bits per heavy atom. The maximum Gasteiger partial charge on any atom is 0.270 e. The van der Waals surface area contributed by atoms with Crippen molar-refractivity contribution in [2.45, 2.75) is 0 Å². The predicted octanol–water partition coefficient (Wildman–Crippen LogP) is 3.37. The Morgan fingerprint density at radius 2 is 2.05 bits per heavy atom. The van der Waals surface area contributed by atoms with Gasteiger partial charge in [0.2, 0.25) is 0 Å². The van der Waals surface area contributed by atoms with E-state index in [1.165, 1.54) is 18.2 Å². The Kier molecular flexibility index (Phi) is 4.16. The number of carbonyl (C=O) groups excluding carboxylic acids is 1. The summed E-state index contributed by atoms with van der Waals surface area (Å²) in [7, 11) is 0. The van der Waals surface area contributed by atoms with Crippen molar-refractivity contribution in [1.82, 2.24) is 0 Å². The van der Waals surface area contributed by atoms with Crippen LogP contribution in [0.5, 0.6) is 0 Å². The van der Waals surface area contributed by atoms with Gasteiger partial charge in [-0.25, -0.2) is 0 Å². The second kappa shape index (κ2) is 6.03. The average Bonchev–Trinajstić information content (AvgIpc) is 2.47. The van der Waals surface area contributed by atoms with Gasteiger partial charge in [-0.15, -0.1) is 0 Å². The number of hydrogen-bond acceptors (Lipinski definition) is 4. The van der Waals surface area contributed by atoms with Gasteiger partial charge >= 0.3 is 0 Å². The molecule has 2 aromatic rings. The van der Waals surface area contributed by atoms with Crippen molar-refractivity contribution in [2.75, 3.05) is 5.32 Å². The van der Waals surface area contributed by atoms with E-state index >= 15 is 0 Å². The van der Waals surface area contributed by atoms with Gasteiger partial charge < -0.3 is 5.32 Å². The maximum atomic E-state index is 12.0. The molecule has 1 amide bonds. The quantitative estimate of drug-likeness (QED) is 0.694. The first-order chi connectivity index (χ1) is 10.0. The van der Waals surface area contributed by atoms with Crippen molar-refractivity contribution < 1.29 is 9.72 Å². The van der Waals surface area contributed by atoms with Gasteiger partial charge in [-0.1, -0.05) is 17.7 Å². The number of nitriles is 1. The van der Waals surface area contributed by atoms with Gasteiger partial charge in [0, 0.05) is 22.7 Å². The van der Waals surface area contributed by atoms with E-state index < -0.39 is 10.8 Å². The van der Waals surface area contributed by atoms with Crippen LogP contribution in [-0.2, 0) is 0 Å². The third kappa shape index (κ3) is 3.35. The minimum Gasteiger partial charge on any atom is -0.321 e. The largest absolute Gasteiger partial charge is 0.321 e. The van der Waals surface area contributed by atoms with E-state index in [0.29, 0.717) is 10.6 Å². The fourth-order valence-corrected chi connectivity index (χ4v) is 1.86. The molecule has 0 spiro atoms. The molecule has 7 heteroatoms. The number of carbonyl (C=O) groups is 1. The van der Waals surface area contributed by atoms with E-state index in [0.717, 1.165) is 6.07 Å². The highest BCUT2D eigenvalue weighted by molar-refractivity contribution is 6.31. The van der Waals surface area contributed by atoms with E-state index in [9.17, 15) is 14.9 Å². The zero-order valence-electron chi connectivity index (χ0n) is 10.5. The minimum absolute atomic E-state index is 0.0135. The first kappa shape index (κ1) is 14.5. The fraction of sp³-hybridized carbons (Fsp3) is 0. The molecule has 0 aliphatic carbocycles. The summed E-state index contributed by atoms with van der Waals surface area (Å²) in [5.41, 5.74) is 0.324. The fourth-order valence-electron chi connectivity index (χ4n) is 1.67. The molecule has 2 rings (SSSR count). The number of benzene rings is 2. The van der Waals surface area contributed by atoms with Gasteiger partial charge in [-0.3, -0.25) is 14.9 Å². The summed E-state index contributed by atoms with van der Waals surface area (Å²) in [5, 5.41) is 22.6. The zero-order chi connectivity index (χ0) is 15.4. The number of halogens is 1. The molecule has 0 unspecified atom stereocenters. The van der Waals surface area contributed by atoms with Crippen LogP contribution in [0.3, 0.4) is 0 Å². The smallest absolute Gasteiger partial charge is 0.270 e. The molecule has 6 nitrogen and oxygen atoms in total. The Labute approximate surface area is 124 Å². The zero-order valence-corrected chi connectivity index (χ0v) is 11.3. The highest BCUT2D eigenvalue weighted by atomic mass is 35.5. The number of amides is 1. The van der Waals surface area contributed by atoms with Crippen LogP contribution in [0, 0.1) is 21.4 Å². The molecule has 0 aliphatic rings. The SMILES string of the molecule is N#Cc1cc([N+](=O)[O-])ccc1NC(=O)c1cccc(Cl)c1. The van der Waals surface area contributed by atoms with E-state index in [4.69, 9.17) is 16.9 Å². The van der Waals surface area contributed by atoms with Crippen molar-refractivity contribution in [2.24, 2.45) is 0 Å². The number of non-ortho nitro benzene ring substituents is 1. The van der Waals surface area contributed by atoms with Crippen LogP contribution >= 0.6 is 11.6 Å². The second-order valence-electron chi connectivity index (χ2n) is 4.06. The minimum atomic E-state index is -0.608. The van der Waals surface area contributed by atoms with Crippen LogP contribution in [0.15, 0.2) is 42.5 Å². The first-order valence-corrected chi connectivity index (χ1v) is 6.14. The summed E-state index contributed by atoms with van der Waals surface area (Å²) in [5.74, 6) is -0.456. The molecule has 1 N–H and O–H groups in total. The molecule has 0 aliphatic heterocycles. The molecular weight excluding hydrogens is 294 g/mol. The van der Waals surface area contributed by atoms with Crippen LogP contribution in [-0.4, -0.2) is 10.8 Å². The molecule has 0 aromatic heterocycles. The highest BCUT2D eigenvalue weighted by Gasteiger charge is 2.13. The van der Waals surface area contributed by atoms with E-state index in [1.54, 1.807) is 18.2 Å². The Bertz CT molecular complexity index is 768. The lowest BCUT2D eigenvalue weighted by Crippen LogP contribution is -2.12. The van der Waals surface area contributed by atoms with Crippen LogP contribution in [0.1, 0.15) is 15.9 Å². The summed E-state index contributed by atoms with van der Waals surface area (Å²) < 4.78 is 0. The molecule has 0 radical (unpaired) electrons. The van der Waals surface area contributed by atoms with Gasteiger partial charge in [-0.05, 0) is 24.3 Å². The van der Waals surface area contributed by atoms with E-state index in [2.05, 4.69) is 5.32 Å². The molecule has 21 heavy (non-hydrogen) atoms. The number of nitro benzene ring substituents is 1. The van der Waals surface area contributed by atoms with E-state index in [-0.39, 0.29) is 16.9 Å². The topological polar surface area (TPSA) is 96.0 Å². The van der Waals surface area contributed by atoms with Crippen molar-refractivity contribution in [3.05, 3.63) is 68.7 Å². The lowest BCUT2D eigenvalue weighted by atomic mass is 10.1. The van der Waals surface area contributed by atoms with Gasteiger partial charge in [0.1, 0.15) is 6.07 Å². The van der Waals surface area contributed by atoms with Crippen LogP contribution in [0.2, 0.25) is 5.02 Å². The third-order valence-electron chi connectivity index (χ3n) is 2.67. The number of nitrogens with zero attached hydrogens (tertiary/aromatic N) is 2. The predicted molar refractivity (Wildman–Crippen MR) is 77.2 cm³/mol. The first-order valence-electron chi connectivity index (χ1n) is 5.76. The molecule has 104 valence electrons. The normalized spacial score (nSPS) is 9.71. The van der Waals surface area contributed by atoms with E-state index in [1.807, 2.05) is 6.07 Å². The molecule has 2 aromatic carbocycles. The Hall–Kier alpha value is -2.91. The summed E-state index contributed by atoms with van der Waals surface area (Å²) in [6.07, 6.45) is 0. The van der Waals surface area contributed by atoms with Crippen molar-refractivity contribution >= 4 is 28.9 Å². The monoisotopic (exact) mass is 301 g/mol. The molecule has 0 heterocycles. The number of hydrogen-bond donors (Lipinski definition) is 1. The summed E-state index contributed by atoms with van der Waals surface area (Å²) in [6.45, 7) is 0. The second-order valence-corrected chi connectivity index (χ2v) is 4.50. The van der Waals surface area contributed by atoms with Crippen LogP contribution in [0.4, 0.5) is 11.4 Å². The standard InChI is InChI=1S/C14H8ClN3O3/c15-11-3-1-2-9(6-11)14(19)17-13-5-4-12(18(20)21)7-10(13)8-16/h1-7H,(H,17,19). The lowest BCUT2D eigenvalue weighted by molar-refractivity contribution is -0.384. The Morgan fingerprint density at radius 1 is 1.29 bits per heavy atom. The molecule has 0 saturated heterocycles. The van der Waals surface area contributed by atoms with Gasteiger partial charge in [-0.2, -0.15) is 5.26 Å². The van der Waals surface area contributed by atoms with Crippen molar-refractivity contribution in [3.63, 3.8) is 0 Å². The summed E-state index contributed by atoms with van der Waals surface area (Å²) >= 11 is 5.80. The molecular formula is C14H8ClN3O3. The van der Waals surface area contributed by atoms with Crippen molar-refractivity contribution in [3.8, 4) is 6.07 Å². The van der Waals surface area contributed by atoms with Crippen LogP contribution in [0.25, 0.3) is 0 Å².